The van der Waals surface area contributed by atoms with Crippen LogP contribution in [0.1, 0.15) is 68.9 Å². The number of amides is 2. The number of nitrogens with one attached hydrogen (secondary N) is 2. The van der Waals surface area contributed by atoms with Crippen LogP contribution in [0.2, 0.25) is 0 Å². The van der Waals surface area contributed by atoms with Gasteiger partial charge in [0.1, 0.15) is 6.04 Å². The first-order chi connectivity index (χ1) is 13.8. The molecule has 0 aromatic carbocycles. The van der Waals surface area contributed by atoms with Crippen LogP contribution in [-0.2, 0) is 19.1 Å². The highest BCUT2D eigenvalue weighted by molar-refractivity contribution is 5.91. The lowest BCUT2D eigenvalue weighted by atomic mass is 9.95. The standard InChI is InChI=1S/C22H33N3O4/c1-5-23-22(28)16(3)24-20(26)14-29-21(27)12-11-18-13-15(2)25(17(18)4)19-9-7-6-8-10-19/h11-13,16,19H,5-10,14H2,1-4H3,(H,23,28)(H,24,26)/b12-11+/t16-/m0/s1. The van der Waals surface area contributed by atoms with Gasteiger partial charge in [0.05, 0.1) is 0 Å². The molecule has 0 saturated heterocycles. The van der Waals surface area contributed by atoms with E-state index in [-0.39, 0.29) is 5.91 Å². The zero-order valence-corrected chi connectivity index (χ0v) is 17.9. The van der Waals surface area contributed by atoms with Crippen molar-refractivity contribution in [3.63, 3.8) is 0 Å². The van der Waals surface area contributed by atoms with E-state index in [9.17, 15) is 14.4 Å². The Morgan fingerprint density at radius 2 is 1.93 bits per heavy atom. The summed E-state index contributed by atoms with van der Waals surface area (Å²) in [6, 6.07) is 1.93. The van der Waals surface area contributed by atoms with E-state index < -0.39 is 24.5 Å². The lowest BCUT2D eigenvalue weighted by Crippen LogP contribution is -2.46. The zero-order chi connectivity index (χ0) is 21.4. The first-order valence-corrected chi connectivity index (χ1v) is 10.4. The summed E-state index contributed by atoms with van der Waals surface area (Å²) >= 11 is 0. The summed E-state index contributed by atoms with van der Waals surface area (Å²) in [6.45, 7) is 7.61. The van der Waals surface area contributed by atoms with Crippen LogP contribution in [0.3, 0.4) is 0 Å². The average molecular weight is 404 g/mol. The van der Waals surface area contributed by atoms with Gasteiger partial charge in [-0.25, -0.2) is 4.79 Å². The largest absolute Gasteiger partial charge is 0.452 e. The second-order valence-electron chi connectivity index (χ2n) is 7.61. The van der Waals surface area contributed by atoms with Gasteiger partial charge in [0.25, 0.3) is 5.91 Å². The topological polar surface area (TPSA) is 89.4 Å². The Kier molecular flexibility index (Phi) is 8.49. The first kappa shape index (κ1) is 22.7. The molecule has 1 aliphatic rings. The third kappa shape index (κ3) is 6.48. The molecule has 2 rings (SSSR count). The second-order valence-corrected chi connectivity index (χ2v) is 7.61. The molecule has 1 fully saturated rings. The normalized spacial score (nSPS) is 15.9. The average Bonchev–Trinajstić information content (AvgIpc) is 2.98. The Balaban J connectivity index is 1.87. The fourth-order valence-electron chi connectivity index (χ4n) is 3.89. The minimum Gasteiger partial charge on any atom is -0.452 e. The molecule has 1 aliphatic carbocycles. The summed E-state index contributed by atoms with van der Waals surface area (Å²) < 4.78 is 7.36. The molecule has 0 radical (unpaired) electrons. The molecule has 1 aromatic heterocycles. The van der Waals surface area contributed by atoms with Crippen LogP contribution in [-0.4, -0.2) is 41.5 Å². The maximum atomic E-state index is 12.0. The van der Waals surface area contributed by atoms with Crippen LogP contribution in [0.15, 0.2) is 12.1 Å². The molecule has 7 heteroatoms. The number of nitrogens with zero attached hydrogens (tertiary/aromatic N) is 1. The molecule has 2 N–H and O–H groups in total. The molecule has 0 aliphatic heterocycles. The molecule has 29 heavy (non-hydrogen) atoms. The van der Waals surface area contributed by atoms with Crippen molar-refractivity contribution < 1.29 is 19.1 Å². The van der Waals surface area contributed by atoms with Gasteiger partial charge in [-0.15, -0.1) is 0 Å². The van der Waals surface area contributed by atoms with Crippen molar-refractivity contribution in [1.29, 1.82) is 0 Å². The summed E-state index contributed by atoms with van der Waals surface area (Å²) in [6.07, 6.45) is 9.31. The number of aromatic nitrogens is 1. The van der Waals surface area contributed by atoms with E-state index in [1.165, 1.54) is 43.9 Å². The molecule has 1 aromatic rings. The molecule has 1 atom stereocenters. The van der Waals surface area contributed by atoms with Crippen LogP contribution in [0.4, 0.5) is 0 Å². The molecule has 1 heterocycles. The smallest absolute Gasteiger partial charge is 0.331 e. The van der Waals surface area contributed by atoms with E-state index in [2.05, 4.69) is 35.1 Å². The van der Waals surface area contributed by atoms with Gasteiger partial charge in [0.2, 0.25) is 5.91 Å². The summed E-state index contributed by atoms with van der Waals surface area (Å²) in [5.41, 5.74) is 3.33. The van der Waals surface area contributed by atoms with Crippen molar-refractivity contribution in [2.45, 2.75) is 71.9 Å². The number of ether oxygens (including phenoxy) is 1. The number of hydrogen-bond donors (Lipinski definition) is 2. The molecule has 0 unspecified atom stereocenters. The zero-order valence-electron chi connectivity index (χ0n) is 17.9. The van der Waals surface area contributed by atoms with E-state index in [0.717, 1.165) is 11.3 Å². The summed E-state index contributed by atoms with van der Waals surface area (Å²) in [7, 11) is 0. The monoisotopic (exact) mass is 403 g/mol. The Labute approximate surface area is 172 Å². The number of esters is 1. The Morgan fingerprint density at radius 3 is 2.59 bits per heavy atom. The third-order valence-electron chi connectivity index (χ3n) is 5.33. The predicted octanol–water partition coefficient (Wildman–Crippen LogP) is 2.81. The third-order valence-corrected chi connectivity index (χ3v) is 5.33. The molecule has 0 bridgehead atoms. The van der Waals surface area contributed by atoms with Crippen molar-refractivity contribution in [3.05, 3.63) is 29.1 Å². The van der Waals surface area contributed by atoms with Gasteiger partial charge >= 0.3 is 5.97 Å². The Hall–Kier alpha value is -2.57. The van der Waals surface area contributed by atoms with Gasteiger partial charge in [-0.1, -0.05) is 19.3 Å². The molecule has 160 valence electrons. The van der Waals surface area contributed by atoms with E-state index in [1.54, 1.807) is 19.9 Å². The highest BCUT2D eigenvalue weighted by atomic mass is 16.5. The van der Waals surface area contributed by atoms with Crippen LogP contribution >= 0.6 is 0 Å². The minimum absolute atomic E-state index is 0.277. The fraction of sp³-hybridized carbons (Fsp3) is 0.591. The number of hydrogen-bond acceptors (Lipinski definition) is 4. The summed E-state index contributed by atoms with van der Waals surface area (Å²) in [5, 5.41) is 5.11. The lowest BCUT2D eigenvalue weighted by Gasteiger charge is -2.26. The SMILES string of the molecule is CCNC(=O)[C@H](C)NC(=O)COC(=O)/C=C/c1cc(C)n(C2CCCCC2)c1C. The number of carbonyl (C=O) groups excluding carboxylic acids is 3. The quantitative estimate of drug-likeness (QED) is 0.516. The van der Waals surface area contributed by atoms with Crippen molar-refractivity contribution >= 4 is 23.9 Å². The summed E-state index contributed by atoms with van der Waals surface area (Å²) in [5.74, 6) is -1.38. The van der Waals surface area contributed by atoms with Gasteiger partial charge < -0.3 is 19.9 Å². The minimum atomic E-state index is -0.679. The highest BCUT2D eigenvalue weighted by Gasteiger charge is 2.19. The number of likely N-dealkylation sites (N-methyl/N-ethyl adjacent to an activating group) is 1. The molecule has 1 saturated carbocycles. The van der Waals surface area contributed by atoms with Crippen molar-refractivity contribution in [2.24, 2.45) is 0 Å². The number of carbonyl (C=O) groups is 3. The van der Waals surface area contributed by atoms with Gasteiger partial charge in [-0.3, -0.25) is 9.59 Å². The summed E-state index contributed by atoms with van der Waals surface area (Å²) in [4.78, 5) is 35.4. The van der Waals surface area contributed by atoms with Crippen LogP contribution in [0.5, 0.6) is 0 Å². The molecule has 2 amide bonds. The van der Waals surface area contributed by atoms with Crippen molar-refractivity contribution in [3.8, 4) is 0 Å². The van der Waals surface area contributed by atoms with E-state index in [0.29, 0.717) is 12.6 Å². The maximum Gasteiger partial charge on any atom is 0.331 e. The van der Waals surface area contributed by atoms with Gasteiger partial charge in [0, 0.05) is 30.1 Å². The highest BCUT2D eigenvalue weighted by Crippen LogP contribution is 2.32. The molecule has 0 spiro atoms. The molecular weight excluding hydrogens is 370 g/mol. The molecular formula is C22H33N3O4. The number of rotatable bonds is 8. The van der Waals surface area contributed by atoms with Crippen molar-refractivity contribution in [1.82, 2.24) is 15.2 Å². The van der Waals surface area contributed by atoms with Gasteiger partial charge in [0.15, 0.2) is 6.61 Å². The van der Waals surface area contributed by atoms with E-state index in [1.807, 2.05) is 0 Å². The Morgan fingerprint density at radius 1 is 1.24 bits per heavy atom. The molecule has 7 nitrogen and oxygen atoms in total. The van der Waals surface area contributed by atoms with E-state index in [4.69, 9.17) is 4.74 Å². The van der Waals surface area contributed by atoms with E-state index >= 15 is 0 Å². The maximum absolute atomic E-state index is 12.0. The first-order valence-electron chi connectivity index (χ1n) is 10.4. The van der Waals surface area contributed by atoms with Crippen LogP contribution in [0.25, 0.3) is 6.08 Å². The number of aryl methyl sites for hydroxylation is 1. The van der Waals surface area contributed by atoms with Crippen LogP contribution < -0.4 is 10.6 Å². The lowest BCUT2D eigenvalue weighted by molar-refractivity contribution is -0.144. The fourth-order valence-corrected chi connectivity index (χ4v) is 3.89. The van der Waals surface area contributed by atoms with Gasteiger partial charge in [-0.05, 0) is 58.2 Å². The Bertz CT molecular complexity index is 760. The van der Waals surface area contributed by atoms with Crippen LogP contribution in [0, 0.1) is 13.8 Å². The van der Waals surface area contributed by atoms with Crippen molar-refractivity contribution in [2.75, 3.05) is 13.2 Å². The predicted molar refractivity (Wildman–Crippen MR) is 112 cm³/mol. The van der Waals surface area contributed by atoms with Gasteiger partial charge in [-0.2, -0.15) is 0 Å². The second kappa shape index (κ2) is 10.8.